The second-order valence-electron chi connectivity index (χ2n) is 4.59. The summed E-state index contributed by atoms with van der Waals surface area (Å²) >= 11 is 5.78. The van der Waals surface area contributed by atoms with Gasteiger partial charge in [-0.1, -0.05) is 24.9 Å². The summed E-state index contributed by atoms with van der Waals surface area (Å²) in [4.78, 5) is 11.1. The molecule has 0 aliphatic rings. The fourth-order valence-electron chi connectivity index (χ4n) is 1.86. The number of hydrogen-bond acceptors (Lipinski definition) is 3. The Kier molecular flexibility index (Phi) is 5.98. The van der Waals surface area contributed by atoms with Gasteiger partial charge >= 0.3 is 5.97 Å². The lowest BCUT2D eigenvalue weighted by atomic mass is 10.1. The molecular formula is C13H18ClNO4S. The number of aliphatic carboxylic acids is 1. The van der Waals surface area contributed by atoms with Crippen molar-refractivity contribution < 1.29 is 18.3 Å². The van der Waals surface area contributed by atoms with Gasteiger partial charge in [-0.25, -0.2) is 13.1 Å². The molecule has 1 aromatic carbocycles. The molecular weight excluding hydrogens is 302 g/mol. The summed E-state index contributed by atoms with van der Waals surface area (Å²) in [6.45, 7) is 3.38. The Morgan fingerprint density at radius 3 is 2.60 bits per heavy atom. The van der Waals surface area contributed by atoms with E-state index in [9.17, 15) is 13.2 Å². The van der Waals surface area contributed by atoms with Crippen LogP contribution in [0.5, 0.6) is 0 Å². The Hall–Kier alpha value is -1.11. The summed E-state index contributed by atoms with van der Waals surface area (Å²) in [5.74, 6) is -1.72. The lowest BCUT2D eigenvalue weighted by Gasteiger charge is -2.14. The van der Waals surface area contributed by atoms with E-state index in [0.717, 1.165) is 0 Å². The van der Waals surface area contributed by atoms with Crippen molar-refractivity contribution in [3.63, 3.8) is 0 Å². The predicted octanol–water partition coefficient (Wildman–Crippen LogP) is 2.43. The number of aryl methyl sites for hydroxylation is 1. The van der Waals surface area contributed by atoms with Crippen LogP contribution in [-0.2, 0) is 14.8 Å². The highest BCUT2D eigenvalue weighted by atomic mass is 35.5. The van der Waals surface area contributed by atoms with Gasteiger partial charge in [-0.05, 0) is 37.1 Å². The summed E-state index contributed by atoms with van der Waals surface area (Å²) in [6.07, 6.45) is 1.11. The fraction of sp³-hybridized carbons (Fsp3) is 0.462. The first-order chi connectivity index (χ1) is 9.27. The van der Waals surface area contributed by atoms with Crippen molar-refractivity contribution in [1.82, 2.24) is 4.72 Å². The van der Waals surface area contributed by atoms with Crippen molar-refractivity contribution >= 4 is 27.6 Å². The molecule has 1 rings (SSSR count). The zero-order valence-electron chi connectivity index (χ0n) is 11.4. The normalized spacial score (nSPS) is 13.2. The minimum absolute atomic E-state index is 0.113. The third-order valence-corrected chi connectivity index (χ3v) is 4.75. The molecule has 1 atom stereocenters. The number of benzene rings is 1. The van der Waals surface area contributed by atoms with Gasteiger partial charge in [0.25, 0.3) is 0 Å². The minimum Gasteiger partial charge on any atom is -0.481 e. The first-order valence-corrected chi connectivity index (χ1v) is 8.12. The van der Waals surface area contributed by atoms with Crippen LogP contribution in [-0.4, -0.2) is 26.0 Å². The number of hydrogen-bond donors (Lipinski definition) is 2. The number of sulfonamides is 1. The highest BCUT2D eigenvalue weighted by Gasteiger charge is 2.22. The molecule has 0 aliphatic carbocycles. The molecule has 1 aromatic rings. The Morgan fingerprint density at radius 1 is 1.45 bits per heavy atom. The van der Waals surface area contributed by atoms with Gasteiger partial charge in [0.1, 0.15) is 0 Å². The van der Waals surface area contributed by atoms with E-state index in [1.807, 2.05) is 6.92 Å². The second kappa shape index (κ2) is 7.06. The van der Waals surface area contributed by atoms with Crippen LogP contribution in [0.2, 0.25) is 5.02 Å². The third kappa shape index (κ3) is 4.47. The fourth-order valence-corrected chi connectivity index (χ4v) is 3.40. The molecule has 0 spiro atoms. The molecule has 0 fully saturated rings. The SMILES string of the molecule is CCCC(CNS(=O)(=O)c1ccc(Cl)cc1C)C(=O)O. The minimum atomic E-state index is -3.73. The number of carbonyl (C=O) groups is 1. The average Bonchev–Trinajstić information content (AvgIpc) is 2.33. The van der Waals surface area contributed by atoms with E-state index in [1.54, 1.807) is 13.0 Å². The highest BCUT2D eigenvalue weighted by molar-refractivity contribution is 7.89. The quantitative estimate of drug-likeness (QED) is 0.808. The topological polar surface area (TPSA) is 83.5 Å². The van der Waals surface area contributed by atoms with Crippen molar-refractivity contribution in [2.45, 2.75) is 31.6 Å². The van der Waals surface area contributed by atoms with Gasteiger partial charge in [-0.2, -0.15) is 0 Å². The number of halogens is 1. The van der Waals surface area contributed by atoms with Gasteiger partial charge in [0.15, 0.2) is 0 Å². The summed E-state index contributed by atoms with van der Waals surface area (Å²) in [5.41, 5.74) is 0.521. The molecule has 0 aromatic heterocycles. The van der Waals surface area contributed by atoms with Crippen LogP contribution in [0.15, 0.2) is 23.1 Å². The first-order valence-electron chi connectivity index (χ1n) is 6.26. The van der Waals surface area contributed by atoms with Crippen LogP contribution in [0.1, 0.15) is 25.3 Å². The Labute approximate surface area is 124 Å². The Bertz CT molecular complexity index is 586. The lowest BCUT2D eigenvalue weighted by Crippen LogP contribution is -2.33. The van der Waals surface area contributed by atoms with Crippen LogP contribution in [0.25, 0.3) is 0 Å². The molecule has 5 nitrogen and oxygen atoms in total. The molecule has 0 saturated carbocycles. The molecule has 7 heteroatoms. The number of carboxylic acids is 1. The van der Waals surface area contributed by atoms with Gasteiger partial charge in [0, 0.05) is 11.6 Å². The third-order valence-electron chi connectivity index (χ3n) is 2.93. The maximum absolute atomic E-state index is 12.1. The van der Waals surface area contributed by atoms with Crippen LogP contribution in [0, 0.1) is 12.8 Å². The predicted molar refractivity (Wildman–Crippen MR) is 77.4 cm³/mol. The van der Waals surface area contributed by atoms with Crippen molar-refractivity contribution in [2.24, 2.45) is 5.92 Å². The molecule has 0 aliphatic heterocycles. The summed E-state index contributed by atoms with van der Waals surface area (Å²) < 4.78 is 26.6. The maximum Gasteiger partial charge on any atom is 0.307 e. The summed E-state index contributed by atoms with van der Waals surface area (Å²) in [5, 5.41) is 9.46. The van der Waals surface area contributed by atoms with Crippen LogP contribution in [0.4, 0.5) is 0 Å². The molecule has 0 saturated heterocycles. The van der Waals surface area contributed by atoms with E-state index >= 15 is 0 Å². The van der Waals surface area contributed by atoms with Crippen molar-refractivity contribution in [3.05, 3.63) is 28.8 Å². The van der Waals surface area contributed by atoms with Gasteiger partial charge in [-0.15, -0.1) is 0 Å². The highest BCUT2D eigenvalue weighted by Crippen LogP contribution is 2.19. The van der Waals surface area contributed by atoms with Crippen LogP contribution < -0.4 is 4.72 Å². The van der Waals surface area contributed by atoms with E-state index < -0.39 is 21.9 Å². The van der Waals surface area contributed by atoms with E-state index in [-0.39, 0.29) is 11.4 Å². The molecule has 0 amide bonds. The molecule has 1 unspecified atom stereocenters. The largest absolute Gasteiger partial charge is 0.481 e. The Morgan fingerprint density at radius 2 is 2.10 bits per heavy atom. The molecule has 0 heterocycles. The van der Waals surface area contributed by atoms with Gasteiger partial charge in [0.2, 0.25) is 10.0 Å². The molecule has 2 N–H and O–H groups in total. The average molecular weight is 320 g/mol. The lowest BCUT2D eigenvalue weighted by molar-refractivity contribution is -0.141. The molecule has 0 bridgehead atoms. The molecule has 20 heavy (non-hydrogen) atoms. The monoisotopic (exact) mass is 319 g/mol. The van der Waals surface area contributed by atoms with Crippen LogP contribution >= 0.6 is 11.6 Å². The Balaban J connectivity index is 2.87. The van der Waals surface area contributed by atoms with Crippen molar-refractivity contribution in [1.29, 1.82) is 0 Å². The smallest absolute Gasteiger partial charge is 0.307 e. The summed E-state index contributed by atoms with van der Waals surface area (Å²) in [7, 11) is -3.73. The molecule has 0 radical (unpaired) electrons. The zero-order chi connectivity index (χ0) is 15.3. The van der Waals surface area contributed by atoms with Gasteiger partial charge in [-0.3, -0.25) is 4.79 Å². The van der Waals surface area contributed by atoms with E-state index in [1.165, 1.54) is 12.1 Å². The van der Waals surface area contributed by atoms with E-state index in [0.29, 0.717) is 23.4 Å². The van der Waals surface area contributed by atoms with Gasteiger partial charge in [0.05, 0.1) is 10.8 Å². The number of rotatable bonds is 7. The van der Waals surface area contributed by atoms with Crippen molar-refractivity contribution in [2.75, 3.05) is 6.54 Å². The second-order valence-corrected chi connectivity index (χ2v) is 6.76. The number of nitrogens with one attached hydrogen (secondary N) is 1. The van der Waals surface area contributed by atoms with E-state index in [2.05, 4.69) is 4.72 Å². The maximum atomic E-state index is 12.1. The van der Waals surface area contributed by atoms with Gasteiger partial charge < -0.3 is 5.11 Å². The standard InChI is InChI=1S/C13H18ClNO4S/c1-3-4-10(13(16)17)8-15-20(18,19)12-6-5-11(14)7-9(12)2/h5-7,10,15H,3-4,8H2,1-2H3,(H,16,17). The molecule has 112 valence electrons. The van der Waals surface area contributed by atoms with Crippen molar-refractivity contribution in [3.8, 4) is 0 Å². The van der Waals surface area contributed by atoms with Crippen LogP contribution in [0.3, 0.4) is 0 Å². The summed E-state index contributed by atoms with van der Waals surface area (Å²) in [6, 6.07) is 4.45. The number of carboxylic acid groups (broad SMARTS) is 1. The zero-order valence-corrected chi connectivity index (χ0v) is 13.0. The first kappa shape index (κ1) is 16.9. The van der Waals surface area contributed by atoms with E-state index in [4.69, 9.17) is 16.7 Å².